The topological polar surface area (TPSA) is 77.3 Å². The van der Waals surface area contributed by atoms with E-state index in [0.717, 1.165) is 31.2 Å². The molecule has 7 heteroatoms. The number of hydrogen-bond donors (Lipinski definition) is 1. The van der Waals surface area contributed by atoms with Gasteiger partial charge in [-0.05, 0) is 41.5 Å². The Balaban J connectivity index is 0.00000338. The molecule has 0 unspecified atom stereocenters. The summed E-state index contributed by atoms with van der Waals surface area (Å²) in [6.07, 6.45) is 3.89. The number of carbonyl (C=O) groups is 1. The molecule has 0 saturated heterocycles. The summed E-state index contributed by atoms with van der Waals surface area (Å²) in [6, 6.07) is 5.80. The fraction of sp³-hybridized carbons (Fsp3) is 0.632. The molecule has 0 heterocycles. The summed E-state index contributed by atoms with van der Waals surface area (Å²) in [5.41, 5.74) is 1.05. The Morgan fingerprint density at radius 2 is 1.58 bits per heavy atom. The van der Waals surface area contributed by atoms with E-state index in [9.17, 15) is 13.2 Å². The van der Waals surface area contributed by atoms with Crippen molar-refractivity contribution in [3.8, 4) is 0 Å². The van der Waals surface area contributed by atoms with Gasteiger partial charge in [-0.15, -0.1) is 0 Å². The van der Waals surface area contributed by atoms with Gasteiger partial charge in [-0.2, -0.15) is 0 Å². The predicted octanol–water partition coefficient (Wildman–Crippen LogP) is 1.80. The number of sulfonamides is 1. The number of hydrogen-bond acceptors (Lipinski definition) is 3. The van der Waals surface area contributed by atoms with Gasteiger partial charge in [0.25, 0.3) is 0 Å². The molecule has 1 saturated carbocycles. The van der Waals surface area contributed by atoms with Crippen LogP contribution in [0.25, 0.3) is 4.72 Å². The Bertz CT molecular complexity index is 679. The molecule has 26 heavy (non-hydrogen) atoms. The van der Waals surface area contributed by atoms with Crippen molar-refractivity contribution in [1.29, 1.82) is 0 Å². The standard InChI is InChI=1S/C19H30N2O3S.Na/c1-13(2)15-5-9-17(10-6-15)20-19(22)21-25(23,24)18-11-7-16(8-12-18)14(3)4;/h7-8,11-15,17H,5-6,9-10H2,1-4H3,(H2,20,21,22);/q;+1/p-1. The monoisotopic (exact) mass is 388 g/mol. The van der Waals surface area contributed by atoms with Crippen molar-refractivity contribution in [1.82, 2.24) is 5.32 Å². The fourth-order valence-electron chi connectivity index (χ4n) is 3.32. The van der Waals surface area contributed by atoms with Crippen molar-refractivity contribution in [3.05, 3.63) is 34.6 Å². The quantitative estimate of drug-likeness (QED) is 0.782. The summed E-state index contributed by atoms with van der Waals surface area (Å²) in [4.78, 5) is 12.1. The minimum atomic E-state index is -3.96. The van der Waals surface area contributed by atoms with Crippen LogP contribution in [-0.4, -0.2) is 20.5 Å². The first kappa shape index (κ1) is 23.5. The summed E-state index contributed by atoms with van der Waals surface area (Å²) in [6.45, 7) is 8.51. The first-order valence-electron chi connectivity index (χ1n) is 9.07. The zero-order valence-corrected chi connectivity index (χ0v) is 19.3. The molecule has 0 spiro atoms. The van der Waals surface area contributed by atoms with Crippen LogP contribution in [0.1, 0.15) is 64.9 Å². The molecule has 2 rings (SSSR count). The summed E-state index contributed by atoms with van der Waals surface area (Å²) >= 11 is 0. The van der Waals surface area contributed by atoms with Crippen LogP contribution >= 0.6 is 0 Å². The summed E-state index contributed by atoms with van der Waals surface area (Å²) in [5, 5.41) is 2.75. The third-order valence-corrected chi connectivity index (χ3v) is 6.36. The number of benzene rings is 1. The zero-order valence-electron chi connectivity index (χ0n) is 16.5. The number of amides is 2. The second-order valence-corrected chi connectivity index (χ2v) is 9.20. The van der Waals surface area contributed by atoms with Crippen molar-refractivity contribution in [3.63, 3.8) is 0 Å². The molecule has 2 amide bonds. The van der Waals surface area contributed by atoms with Gasteiger partial charge in [0.15, 0.2) is 6.03 Å². The first-order chi connectivity index (χ1) is 11.7. The molecule has 5 nitrogen and oxygen atoms in total. The molecule has 1 aromatic carbocycles. The summed E-state index contributed by atoms with van der Waals surface area (Å²) in [7, 11) is -3.96. The maximum absolute atomic E-state index is 12.3. The average Bonchev–Trinajstić information content (AvgIpc) is 2.54. The van der Waals surface area contributed by atoms with E-state index in [1.54, 1.807) is 12.1 Å². The zero-order chi connectivity index (χ0) is 18.6. The molecule has 0 bridgehead atoms. The normalized spacial score (nSPS) is 20.5. The molecule has 1 aliphatic rings. The van der Waals surface area contributed by atoms with Crippen LogP contribution in [-0.2, 0) is 10.0 Å². The van der Waals surface area contributed by atoms with E-state index in [1.807, 2.05) is 13.8 Å². The fourth-order valence-corrected chi connectivity index (χ4v) is 4.17. The van der Waals surface area contributed by atoms with Gasteiger partial charge in [-0.3, -0.25) is 4.79 Å². The Morgan fingerprint density at radius 3 is 2.04 bits per heavy atom. The second kappa shape index (κ2) is 10.1. The van der Waals surface area contributed by atoms with Crippen molar-refractivity contribution in [2.45, 2.75) is 70.2 Å². The number of nitrogens with one attached hydrogen (secondary N) is 1. The SMILES string of the molecule is CC(C)c1ccc(S(=O)(=O)[N-]C(=O)NC2CCC(C(C)C)CC2)cc1.[Na+]. The second-order valence-electron chi connectivity index (χ2n) is 7.60. The number of nitrogens with zero attached hydrogens (tertiary/aromatic N) is 1. The van der Waals surface area contributed by atoms with Gasteiger partial charge in [-0.1, -0.05) is 65.5 Å². The summed E-state index contributed by atoms with van der Waals surface area (Å²) < 4.78 is 28.0. The maximum atomic E-state index is 12.3. The van der Waals surface area contributed by atoms with Crippen LogP contribution in [0.15, 0.2) is 29.2 Å². The van der Waals surface area contributed by atoms with Gasteiger partial charge in [0.05, 0.1) is 4.90 Å². The minimum Gasteiger partial charge on any atom is -0.446 e. The number of carbonyl (C=O) groups excluding carboxylic acids is 1. The van der Waals surface area contributed by atoms with Crippen LogP contribution < -0.4 is 34.9 Å². The molecule has 1 N–H and O–H groups in total. The van der Waals surface area contributed by atoms with Crippen molar-refractivity contribution in [2.75, 3.05) is 0 Å². The van der Waals surface area contributed by atoms with E-state index >= 15 is 0 Å². The van der Waals surface area contributed by atoms with Crippen LogP contribution in [0.2, 0.25) is 0 Å². The molecular weight excluding hydrogens is 359 g/mol. The number of rotatable bonds is 5. The van der Waals surface area contributed by atoms with Gasteiger partial charge in [-0.25, -0.2) is 8.42 Å². The molecular formula is C19H29N2NaO3S. The van der Waals surface area contributed by atoms with Crippen LogP contribution in [0.3, 0.4) is 0 Å². The number of urea groups is 1. The Morgan fingerprint density at radius 1 is 1.04 bits per heavy atom. The minimum absolute atomic E-state index is 0. The summed E-state index contributed by atoms with van der Waals surface area (Å²) in [5.74, 6) is 1.65. The van der Waals surface area contributed by atoms with E-state index in [0.29, 0.717) is 17.8 Å². The van der Waals surface area contributed by atoms with Gasteiger partial charge < -0.3 is 10.0 Å². The third-order valence-electron chi connectivity index (χ3n) is 5.09. The van der Waals surface area contributed by atoms with Gasteiger partial charge in [0.1, 0.15) is 0 Å². The van der Waals surface area contributed by atoms with Crippen LogP contribution in [0.4, 0.5) is 4.79 Å². The Kier molecular flexibility index (Phi) is 9.13. The third kappa shape index (κ3) is 6.55. The van der Waals surface area contributed by atoms with Crippen molar-refractivity contribution >= 4 is 16.1 Å². The molecule has 1 fully saturated rings. The largest absolute Gasteiger partial charge is 1.00 e. The smallest absolute Gasteiger partial charge is 0.446 e. The predicted molar refractivity (Wildman–Crippen MR) is 100 cm³/mol. The van der Waals surface area contributed by atoms with Crippen molar-refractivity contribution in [2.24, 2.45) is 11.8 Å². The molecule has 140 valence electrons. The van der Waals surface area contributed by atoms with Crippen molar-refractivity contribution < 1.29 is 42.8 Å². The first-order valence-corrected chi connectivity index (χ1v) is 10.5. The molecule has 1 aromatic rings. The maximum Gasteiger partial charge on any atom is 1.00 e. The van der Waals surface area contributed by atoms with Gasteiger partial charge >= 0.3 is 29.6 Å². The molecule has 0 aliphatic heterocycles. The van der Waals surface area contributed by atoms with E-state index < -0.39 is 16.1 Å². The van der Waals surface area contributed by atoms with Gasteiger partial charge in [0.2, 0.25) is 10.0 Å². The van der Waals surface area contributed by atoms with E-state index in [1.165, 1.54) is 12.1 Å². The van der Waals surface area contributed by atoms with Gasteiger partial charge in [0, 0.05) is 0 Å². The van der Waals surface area contributed by atoms with E-state index in [2.05, 4.69) is 23.9 Å². The molecule has 0 atom stereocenters. The van der Waals surface area contributed by atoms with Crippen LogP contribution in [0.5, 0.6) is 0 Å². The Labute approximate surface area is 180 Å². The molecule has 1 aliphatic carbocycles. The average molecular weight is 389 g/mol. The van der Waals surface area contributed by atoms with E-state index in [-0.39, 0.29) is 40.5 Å². The molecule has 0 aromatic heterocycles. The van der Waals surface area contributed by atoms with E-state index in [4.69, 9.17) is 0 Å². The Hall–Kier alpha value is -0.560. The van der Waals surface area contributed by atoms with Crippen LogP contribution in [0, 0.1) is 11.8 Å². The molecule has 0 radical (unpaired) electrons.